The van der Waals surface area contributed by atoms with Crippen LogP contribution in [0.3, 0.4) is 0 Å². The van der Waals surface area contributed by atoms with E-state index in [9.17, 15) is 4.79 Å². The highest BCUT2D eigenvalue weighted by Gasteiger charge is 2.40. The fraction of sp³-hybridized carbons (Fsp3) is 0.278. The van der Waals surface area contributed by atoms with E-state index >= 15 is 0 Å². The van der Waals surface area contributed by atoms with E-state index in [-0.39, 0.29) is 11.5 Å². The van der Waals surface area contributed by atoms with Crippen LogP contribution < -0.4 is 9.92 Å². The number of esters is 1. The average Bonchev–Trinajstić information content (AvgIpc) is 2.56. The van der Waals surface area contributed by atoms with Gasteiger partial charge in [0.05, 0.1) is 19.8 Å². The van der Waals surface area contributed by atoms with Gasteiger partial charge in [-0.3, -0.25) is 4.79 Å². The molecule has 0 radical (unpaired) electrons. The first kappa shape index (κ1) is 16.3. The van der Waals surface area contributed by atoms with Gasteiger partial charge < -0.3 is 9.47 Å². The maximum absolute atomic E-state index is 12.5. The van der Waals surface area contributed by atoms with Crippen molar-refractivity contribution in [3.63, 3.8) is 0 Å². The number of carbonyl (C=O) groups excluding carboxylic acids is 1. The summed E-state index contributed by atoms with van der Waals surface area (Å²) in [7, 11) is 1.01. The van der Waals surface area contributed by atoms with Gasteiger partial charge in [0.2, 0.25) is 0 Å². The second-order valence-electron chi connectivity index (χ2n) is 5.82. The SMILES string of the molecule is COC(=O)C(c1ccc(OC)cc1)[Si](C)(C)c1ccccc1. The summed E-state index contributed by atoms with van der Waals surface area (Å²) in [5.74, 6) is 0.609. The number of rotatable bonds is 5. The monoisotopic (exact) mass is 314 g/mol. The summed E-state index contributed by atoms with van der Waals surface area (Å²) >= 11 is 0. The van der Waals surface area contributed by atoms with Crippen molar-refractivity contribution in [2.75, 3.05) is 14.2 Å². The van der Waals surface area contributed by atoms with Gasteiger partial charge in [-0.1, -0.05) is 60.7 Å². The number of hydrogen-bond acceptors (Lipinski definition) is 3. The molecule has 3 nitrogen and oxygen atoms in total. The van der Waals surface area contributed by atoms with Crippen LogP contribution in [0.15, 0.2) is 54.6 Å². The lowest BCUT2D eigenvalue weighted by atomic mass is 10.1. The largest absolute Gasteiger partial charge is 0.497 e. The second-order valence-corrected chi connectivity index (χ2v) is 10.4. The molecule has 0 fully saturated rings. The van der Waals surface area contributed by atoms with Crippen molar-refractivity contribution >= 4 is 19.2 Å². The molecule has 1 unspecified atom stereocenters. The minimum atomic E-state index is -2.08. The van der Waals surface area contributed by atoms with E-state index in [4.69, 9.17) is 9.47 Å². The molecule has 2 aromatic carbocycles. The van der Waals surface area contributed by atoms with E-state index in [1.807, 2.05) is 42.5 Å². The number of ether oxygens (including phenoxy) is 2. The summed E-state index contributed by atoms with van der Waals surface area (Å²) in [6.45, 7) is 4.41. The Morgan fingerprint density at radius 1 is 0.955 bits per heavy atom. The van der Waals surface area contributed by atoms with Crippen molar-refractivity contribution in [2.24, 2.45) is 0 Å². The van der Waals surface area contributed by atoms with E-state index in [1.165, 1.54) is 12.3 Å². The maximum Gasteiger partial charge on any atom is 0.310 e. The molecule has 0 amide bonds. The van der Waals surface area contributed by atoms with Crippen molar-refractivity contribution in [3.05, 3.63) is 60.2 Å². The lowest BCUT2D eigenvalue weighted by Gasteiger charge is -2.31. The van der Waals surface area contributed by atoms with Gasteiger partial charge in [-0.15, -0.1) is 0 Å². The quantitative estimate of drug-likeness (QED) is 0.628. The van der Waals surface area contributed by atoms with Crippen molar-refractivity contribution < 1.29 is 14.3 Å². The highest BCUT2D eigenvalue weighted by Crippen LogP contribution is 2.29. The predicted molar refractivity (Wildman–Crippen MR) is 91.3 cm³/mol. The molecule has 4 heteroatoms. The Morgan fingerprint density at radius 2 is 1.55 bits per heavy atom. The molecular weight excluding hydrogens is 292 g/mol. The molecule has 116 valence electrons. The Kier molecular flexibility index (Phi) is 5.03. The smallest absolute Gasteiger partial charge is 0.310 e. The highest BCUT2D eigenvalue weighted by molar-refractivity contribution is 6.93. The van der Waals surface area contributed by atoms with Crippen LogP contribution in [0.25, 0.3) is 0 Å². The normalized spacial score (nSPS) is 12.5. The van der Waals surface area contributed by atoms with Gasteiger partial charge in [0.1, 0.15) is 13.8 Å². The lowest BCUT2D eigenvalue weighted by molar-refractivity contribution is -0.140. The van der Waals surface area contributed by atoms with Crippen LogP contribution in [-0.4, -0.2) is 28.3 Å². The molecular formula is C18H22O3Si. The molecule has 0 heterocycles. The van der Waals surface area contributed by atoms with Crippen LogP contribution >= 0.6 is 0 Å². The van der Waals surface area contributed by atoms with Crippen LogP contribution in [0.2, 0.25) is 13.1 Å². The predicted octanol–water partition coefficient (Wildman–Crippen LogP) is 3.11. The van der Waals surface area contributed by atoms with Crippen LogP contribution in [0.4, 0.5) is 0 Å². The lowest BCUT2D eigenvalue weighted by Crippen LogP contribution is -2.50. The maximum atomic E-state index is 12.5. The summed E-state index contributed by atoms with van der Waals surface area (Å²) in [5, 5.41) is 1.24. The number of methoxy groups -OCH3 is 2. The van der Waals surface area contributed by atoms with Gasteiger partial charge >= 0.3 is 5.97 Å². The van der Waals surface area contributed by atoms with Crippen LogP contribution in [0.5, 0.6) is 5.75 Å². The standard InChI is InChI=1S/C18H22O3Si/c1-20-15-12-10-14(11-13-15)17(18(19)21-2)22(3,4)16-8-6-5-7-9-16/h5-13,17H,1-4H3. The van der Waals surface area contributed by atoms with E-state index in [2.05, 4.69) is 25.2 Å². The third-order valence-electron chi connectivity index (χ3n) is 4.13. The molecule has 0 aromatic heterocycles. The fourth-order valence-electron chi connectivity index (χ4n) is 2.80. The Balaban J connectivity index is 2.47. The molecule has 1 atom stereocenters. The minimum Gasteiger partial charge on any atom is -0.497 e. The van der Waals surface area contributed by atoms with Crippen molar-refractivity contribution in [1.29, 1.82) is 0 Å². The molecule has 0 N–H and O–H groups in total. The molecule has 0 spiro atoms. The number of carbonyl (C=O) groups is 1. The zero-order chi connectivity index (χ0) is 16.2. The van der Waals surface area contributed by atoms with Gasteiger partial charge in [0.15, 0.2) is 0 Å². The first-order valence-corrected chi connectivity index (χ1v) is 10.4. The van der Waals surface area contributed by atoms with E-state index in [0.29, 0.717) is 0 Å². The first-order chi connectivity index (χ1) is 10.5. The summed E-state index contributed by atoms with van der Waals surface area (Å²) in [6, 6.07) is 17.9. The Labute approximate surface area is 132 Å². The molecule has 0 saturated carbocycles. The topological polar surface area (TPSA) is 35.5 Å². The molecule has 0 saturated heterocycles. The molecule has 2 aromatic rings. The van der Waals surface area contributed by atoms with Gasteiger partial charge in [-0.2, -0.15) is 0 Å². The summed E-state index contributed by atoms with van der Waals surface area (Å²) in [6.07, 6.45) is 0. The summed E-state index contributed by atoms with van der Waals surface area (Å²) in [5.41, 5.74) is 0.735. The van der Waals surface area contributed by atoms with Crippen molar-refractivity contribution in [2.45, 2.75) is 18.6 Å². The van der Waals surface area contributed by atoms with Gasteiger partial charge in [0.25, 0.3) is 0 Å². The van der Waals surface area contributed by atoms with Gasteiger partial charge in [0, 0.05) is 0 Å². The Morgan fingerprint density at radius 3 is 2.05 bits per heavy atom. The van der Waals surface area contributed by atoms with Gasteiger partial charge in [-0.05, 0) is 17.7 Å². The Bertz CT molecular complexity index is 621. The Hall–Kier alpha value is -2.07. The summed E-state index contributed by atoms with van der Waals surface area (Å²) < 4.78 is 10.3. The van der Waals surface area contributed by atoms with Crippen LogP contribution in [-0.2, 0) is 9.53 Å². The third-order valence-corrected chi connectivity index (χ3v) is 7.96. The van der Waals surface area contributed by atoms with Crippen LogP contribution in [0.1, 0.15) is 11.1 Å². The van der Waals surface area contributed by atoms with E-state index in [1.54, 1.807) is 7.11 Å². The van der Waals surface area contributed by atoms with Crippen LogP contribution in [0, 0.1) is 0 Å². The highest BCUT2D eigenvalue weighted by atomic mass is 28.3. The first-order valence-electron chi connectivity index (χ1n) is 7.28. The average molecular weight is 314 g/mol. The molecule has 0 aliphatic rings. The third kappa shape index (κ3) is 3.22. The van der Waals surface area contributed by atoms with Gasteiger partial charge in [-0.25, -0.2) is 0 Å². The molecule has 0 bridgehead atoms. The summed E-state index contributed by atoms with van der Waals surface area (Å²) in [4.78, 5) is 12.5. The van der Waals surface area contributed by atoms with Crippen molar-refractivity contribution in [1.82, 2.24) is 0 Å². The van der Waals surface area contributed by atoms with Crippen molar-refractivity contribution in [3.8, 4) is 5.75 Å². The van der Waals surface area contributed by atoms with E-state index < -0.39 is 8.07 Å². The second kappa shape index (κ2) is 6.79. The zero-order valence-electron chi connectivity index (χ0n) is 13.5. The molecule has 2 rings (SSSR count). The number of benzene rings is 2. The van der Waals surface area contributed by atoms with E-state index in [0.717, 1.165) is 11.3 Å². The zero-order valence-corrected chi connectivity index (χ0v) is 14.5. The molecule has 22 heavy (non-hydrogen) atoms. The molecule has 0 aliphatic heterocycles. The number of hydrogen-bond donors (Lipinski definition) is 0. The molecule has 0 aliphatic carbocycles. The minimum absolute atomic E-state index is 0.175. The fourth-order valence-corrected chi connectivity index (χ4v) is 5.91.